The molecule has 1 amide bonds. The van der Waals surface area contributed by atoms with Gasteiger partial charge in [-0.1, -0.05) is 45.9 Å². The second-order valence-corrected chi connectivity index (χ2v) is 7.30. The smallest absolute Gasteiger partial charge is 0.264 e. The number of nitrogens with two attached hydrogens (primary N) is 1. The average molecular weight is 464 g/mol. The Hall–Kier alpha value is -2.92. The van der Waals surface area contributed by atoms with Crippen LogP contribution in [0, 0.1) is 5.82 Å². The standard InChI is InChI=1S/C17H15BrFN7OS/c18-12-2-1-3-14(8-12)22-15(27)10-28-17-25-24-16(26(17)20)23-21-9-11-4-6-13(19)7-5-11/h1-9H,10,20H2,(H,22,27)(H,23,24)/b21-9+. The van der Waals surface area contributed by atoms with Gasteiger partial charge in [-0.2, -0.15) is 5.10 Å². The van der Waals surface area contributed by atoms with Crippen molar-refractivity contribution >= 4 is 51.4 Å². The molecule has 3 rings (SSSR count). The lowest BCUT2D eigenvalue weighted by molar-refractivity contribution is -0.113. The monoisotopic (exact) mass is 463 g/mol. The van der Waals surface area contributed by atoms with Crippen LogP contribution in [0.3, 0.4) is 0 Å². The Labute approximate surface area is 172 Å². The highest BCUT2D eigenvalue weighted by molar-refractivity contribution is 9.10. The highest BCUT2D eigenvalue weighted by Gasteiger charge is 2.12. The Balaban J connectivity index is 1.52. The summed E-state index contributed by atoms with van der Waals surface area (Å²) in [5, 5.41) is 14.9. The first-order valence-electron chi connectivity index (χ1n) is 7.94. The van der Waals surface area contributed by atoms with E-state index in [0.717, 1.165) is 16.2 Å². The minimum Gasteiger partial charge on any atom is -0.334 e. The molecule has 0 saturated carbocycles. The van der Waals surface area contributed by atoms with E-state index in [1.165, 1.54) is 23.0 Å². The van der Waals surface area contributed by atoms with E-state index in [1.54, 1.807) is 24.3 Å². The molecule has 1 heterocycles. The van der Waals surface area contributed by atoms with E-state index in [0.29, 0.717) is 16.4 Å². The lowest BCUT2D eigenvalue weighted by Crippen LogP contribution is -2.16. The second-order valence-electron chi connectivity index (χ2n) is 5.44. The first-order chi connectivity index (χ1) is 13.5. The summed E-state index contributed by atoms with van der Waals surface area (Å²) in [6.07, 6.45) is 1.49. The number of aromatic nitrogens is 3. The third-order valence-corrected chi connectivity index (χ3v) is 4.79. The number of hydrazone groups is 1. The van der Waals surface area contributed by atoms with Crippen LogP contribution in [0.4, 0.5) is 16.0 Å². The molecule has 0 fully saturated rings. The van der Waals surface area contributed by atoms with E-state index in [-0.39, 0.29) is 23.4 Å². The van der Waals surface area contributed by atoms with Gasteiger partial charge in [0, 0.05) is 10.2 Å². The fourth-order valence-corrected chi connectivity index (χ4v) is 3.11. The molecule has 2 aromatic carbocycles. The number of anilines is 2. The molecule has 0 aliphatic carbocycles. The van der Waals surface area contributed by atoms with Gasteiger partial charge in [-0.25, -0.2) is 14.5 Å². The molecule has 0 saturated heterocycles. The van der Waals surface area contributed by atoms with Crippen LogP contribution in [0.5, 0.6) is 0 Å². The van der Waals surface area contributed by atoms with Crippen LogP contribution in [0.2, 0.25) is 0 Å². The van der Waals surface area contributed by atoms with Gasteiger partial charge in [-0.15, -0.1) is 10.2 Å². The predicted octanol–water partition coefficient (Wildman–Crippen LogP) is 3.07. The van der Waals surface area contributed by atoms with Gasteiger partial charge in [0.2, 0.25) is 11.1 Å². The molecular formula is C17H15BrFN7OS. The molecule has 0 spiro atoms. The number of nitrogens with one attached hydrogen (secondary N) is 2. The fraction of sp³-hybridized carbons (Fsp3) is 0.0588. The second kappa shape index (κ2) is 9.33. The molecule has 3 aromatic rings. The topological polar surface area (TPSA) is 110 Å². The zero-order valence-electron chi connectivity index (χ0n) is 14.3. The minimum atomic E-state index is -0.322. The number of halogens is 2. The van der Waals surface area contributed by atoms with Gasteiger partial charge < -0.3 is 11.2 Å². The van der Waals surface area contributed by atoms with Crippen LogP contribution >= 0.6 is 27.7 Å². The molecule has 0 aliphatic heterocycles. The van der Waals surface area contributed by atoms with Crippen molar-refractivity contribution in [2.24, 2.45) is 5.10 Å². The molecule has 0 atom stereocenters. The van der Waals surface area contributed by atoms with Gasteiger partial charge in [-0.3, -0.25) is 4.79 Å². The lowest BCUT2D eigenvalue weighted by Gasteiger charge is -2.05. The molecule has 0 aliphatic rings. The maximum atomic E-state index is 12.9. The summed E-state index contributed by atoms with van der Waals surface area (Å²) in [5.41, 5.74) is 4.04. The Kier molecular flexibility index (Phi) is 6.61. The Morgan fingerprint density at radius 2 is 2.07 bits per heavy atom. The van der Waals surface area contributed by atoms with Crippen LogP contribution < -0.4 is 16.6 Å². The fourth-order valence-electron chi connectivity index (χ4n) is 2.06. The summed E-state index contributed by atoms with van der Waals surface area (Å²) in [7, 11) is 0. The number of nitrogen functional groups attached to an aromatic ring is 1. The zero-order chi connectivity index (χ0) is 19.9. The highest BCUT2D eigenvalue weighted by Crippen LogP contribution is 2.19. The molecule has 144 valence electrons. The van der Waals surface area contributed by atoms with Crippen LogP contribution in [0.1, 0.15) is 5.56 Å². The minimum absolute atomic E-state index is 0.112. The van der Waals surface area contributed by atoms with Crippen molar-refractivity contribution in [1.82, 2.24) is 14.9 Å². The number of hydrogen-bond donors (Lipinski definition) is 3. The Morgan fingerprint density at radius 1 is 1.29 bits per heavy atom. The third-order valence-electron chi connectivity index (χ3n) is 3.35. The van der Waals surface area contributed by atoms with E-state index < -0.39 is 0 Å². The number of benzene rings is 2. The molecule has 8 nitrogen and oxygen atoms in total. The number of amides is 1. The summed E-state index contributed by atoms with van der Waals surface area (Å²) in [6, 6.07) is 13.1. The Morgan fingerprint density at radius 3 is 2.82 bits per heavy atom. The highest BCUT2D eigenvalue weighted by atomic mass is 79.9. The van der Waals surface area contributed by atoms with E-state index in [1.807, 2.05) is 12.1 Å². The number of nitrogens with zero attached hydrogens (tertiary/aromatic N) is 4. The van der Waals surface area contributed by atoms with Crippen molar-refractivity contribution in [1.29, 1.82) is 0 Å². The summed E-state index contributed by atoms with van der Waals surface area (Å²) >= 11 is 4.49. The van der Waals surface area contributed by atoms with E-state index in [4.69, 9.17) is 5.84 Å². The molecular weight excluding hydrogens is 449 g/mol. The number of thioether (sulfide) groups is 1. The number of rotatable bonds is 7. The first-order valence-corrected chi connectivity index (χ1v) is 9.72. The molecule has 0 bridgehead atoms. The van der Waals surface area contributed by atoms with Crippen molar-refractivity contribution < 1.29 is 9.18 Å². The first kappa shape index (κ1) is 19.8. The molecule has 11 heteroatoms. The molecule has 1 aromatic heterocycles. The van der Waals surface area contributed by atoms with Crippen LogP contribution in [-0.4, -0.2) is 32.7 Å². The maximum absolute atomic E-state index is 12.9. The van der Waals surface area contributed by atoms with Gasteiger partial charge in [0.1, 0.15) is 5.82 Å². The van der Waals surface area contributed by atoms with E-state index in [2.05, 4.69) is 42.0 Å². The normalized spacial score (nSPS) is 10.9. The number of hydrogen-bond acceptors (Lipinski definition) is 7. The quantitative estimate of drug-likeness (QED) is 0.215. The van der Waals surface area contributed by atoms with Gasteiger partial charge in [0.25, 0.3) is 5.95 Å². The zero-order valence-corrected chi connectivity index (χ0v) is 16.7. The van der Waals surface area contributed by atoms with Crippen molar-refractivity contribution in [2.75, 3.05) is 22.3 Å². The SMILES string of the molecule is Nn1c(N/N=C/c2ccc(F)cc2)nnc1SCC(=O)Nc1cccc(Br)c1. The average Bonchev–Trinajstić information content (AvgIpc) is 3.02. The number of carbonyl (C=O) groups excluding carboxylic acids is 1. The molecule has 0 radical (unpaired) electrons. The van der Waals surface area contributed by atoms with Crippen LogP contribution in [0.25, 0.3) is 0 Å². The Bertz CT molecular complexity index is 993. The van der Waals surface area contributed by atoms with Crippen LogP contribution in [-0.2, 0) is 4.79 Å². The van der Waals surface area contributed by atoms with Crippen molar-refractivity contribution in [3.8, 4) is 0 Å². The molecule has 4 N–H and O–H groups in total. The molecule has 28 heavy (non-hydrogen) atoms. The van der Waals surface area contributed by atoms with Crippen molar-refractivity contribution in [2.45, 2.75) is 5.16 Å². The molecule has 0 unspecified atom stereocenters. The van der Waals surface area contributed by atoms with Gasteiger partial charge in [-0.05, 0) is 35.9 Å². The van der Waals surface area contributed by atoms with E-state index >= 15 is 0 Å². The van der Waals surface area contributed by atoms with Crippen LogP contribution in [0.15, 0.2) is 63.3 Å². The van der Waals surface area contributed by atoms with Gasteiger partial charge in [0.15, 0.2) is 0 Å². The maximum Gasteiger partial charge on any atom is 0.264 e. The summed E-state index contributed by atoms with van der Waals surface area (Å²) in [6.45, 7) is 0. The summed E-state index contributed by atoms with van der Waals surface area (Å²) in [4.78, 5) is 12.1. The van der Waals surface area contributed by atoms with Gasteiger partial charge >= 0.3 is 0 Å². The lowest BCUT2D eigenvalue weighted by atomic mass is 10.2. The third kappa shape index (κ3) is 5.54. The number of carbonyl (C=O) groups is 1. The van der Waals surface area contributed by atoms with Crippen molar-refractivity contribution in [3.63, 3.8) is 0 Å². The predicted molar refractivity (Wildman–Crippen MR) is 111 cm³/mol. The van der Waals surface area contributed by atoms with Gasteiger partial charge in [0.05, 0.1) is 12.0 Å². The summed E-state index contributed by atoms with van der Waals surface area (Å²) in [5.74, 6) is 5.70. The van der Waals surface area contributed by atoms with E-state index in [9.17, 15) is 9.18 Å². The van der Waals surface area contributed by atoms with Crippen molar-refractivity contribution in [3.05, 3.63) is 64.4 Å². The largest absolute Gasteiger partial charge is 0.334 e. The summed E-state index contributed by atoms with van der Waals surface area (Å²) < 4.78 is 14.9.